The molecule has 0 aliphatic carbocycles. The van der Waals surface area contributed by atoms with Gasteiger partial charge in [0.05, 0.1) is 13.4 Å². The van der Waals surface area contributed by atoms with Crippen molar-refractivity contribution in [1.29, 1.82) is 0 Å². The van der Waals surface area contributed by atoms with Gasteiger partial charge in [-0.1, -0.05) is 29.8 Å². The highest BCUT2D eigenvalue weighted by atomic mass is 35.5. The lowest BCUT2D eigenvalue weighted by Crippen LogP contribution is -2.19. The summed E-state index contributed by atoms with van der Waals surface area (Å²) in [7, 11) is 1.33. The maximum absolute atomic E-state index is 11.5. The van der Waals surface area contributed by atoms with Crippen LogP contribution in [0.25, 0.3) is 0 Å². The summed E-state index contributed by atoms with van der Waals surface area (Å²) in [6.45, 7) is 2.51. The molecular weight excluding hydrogens is 278 g/mol. The second-order valence-electron chi connectivity index (χ2n) is 4.39. The molecule has 0 saturated heterocycles. The van der Waals surface area contributed by atoms with Crippen LogP contribution in [0.1, 0.15) is 34.6 Å². The third kappa shape index (κ3) is 3.21. The van der Waals surface area contributed by atoms with Gasteiger partial charge in [-0.05, 0) is 24.6 Å². The average molecular weight is 294 g/mol. The van der Waals surface area contributed by atoms with Crippen molar-refractivity contribution in [1.82, 2.24) is 5.32 Å². The summed E-state index contributed by atoms with van der Waals surface area (Å²) in [4.78, 5) is 11.5. The van der Waals surface area contributed by atoms with E-state index in [1.54, 1.807) is 6.07 Å². The number of benzene rings is 1. The van der Waals surface area contributed by atoms with E-state index in [0.717, 1.165) is 11.1 Å². The molecule has 2 rings (SSSR count). The van der Waals surface area contributed by atoms with Gasteiger partial charge in [-0.15, -0.1) is 0 Å². The molecule has 0 aliphatic heterocycles. The Labute approximate surface area is 122 Å². The number of hydrogen-bond donors (Lipinski definition) is 1. The quantitative estimate of drug-likeness (QED) is 0.856. The zero-order valence-electron chi connectivity index (χ0n) is 11.4. The Bertz CT molecular complexity index is 594. The van der Waals surface area contributed by atoms with E-state index < -0.39 is 5.97 Å². The minimum absolute atomic E-state index is 0.0593. The van der Waals surface area contributed by atoms with Gasteiger partial charge < -0.3 is 14.5 Å². The van der Waals surface area contributed by atoms with Crippen LogP contribution in [0.15, 0.2) is 41.0 Å². The first-order chi connectivity index (χ1) is 9.63. The predicted octanol–water partition coefficient (Wildman–Crippen LogP) is 3.57. The van der Waals surface area contributed by atoms with E-state index in [1.165, 1.54) is 13.4 Å². The van der Waals surface area contributed by atoms with Crippen LogP contribution in [0.2, 0.25) is 5.02 Å². The monoisotopic (exact) mass is 293 g/mol. The van der Waals surface area contributed by atoms with E-state index in [9.17, 15) is 4.79 Å². The summed E-state index contributed by atoms with van der Waals surface area (Å²) < 4.78 is 9.80. The van der Waals surface area contributed by atoms with E-state index in [1.807, 2.05) is 31.2 Å². The molecule has 1 aromatic heterocycles. The fourth-order valence-corrected chi connectivity index (χ4v) is 2.25. The highest BCUT2D eigenvalue weighted by Crippen LogP contribution is 2.23. The first kappa shape index (κ1) is 14.6. The van der Waals surface area contributed by atoms with Crippen LogP contribution in [0.3, 0.4) is 0 Å². The fraction of sp³-hybridized carbons (Fsp3) is 0.267. The number of ether oxygens (including phenoxy) is 1. The van der Waals surface area contributed by atoms with Crippen molar-refractivity contribution in [3.05, 3.63) is 58.5 Å². The highest BCUT2D eigenvalue weighted by molar-refractivity contribution is 6.31. The van der Waals surface area contributed by atoms with Gasteiger partial charge in [0.15, 0.2) is 0 Å². The van der Waals surface area contributed by atoms with Gasteiger partial charge >= 0.3 is 5.97 Å². The molecule has 5 heteroatoms. The van der Waals surface area contributed by atoms with Gasteiger partial charge in [0.25, 0.3) is 0 Å². The van der Waals surface area contributed by atoms with Crippen LogP contribution in [-0.2, 0) is 11.3 Å². The van der Waals surface area contributed by atoms with Gasteiger partial charge in [-0.2, -0.15) is 0 Å². The third-order valence-corrected chi connectivity index (χ3v) is 3.43. The van der Waals surface area contributed by atoms with Crippen LogP contribution < -0.4 is 5.32 Å². The molecule has 0 aliphatic rings. The summed E-state index contributed by atoms with van der Waals surface area (Å²) in [6.07, 6.45) is 1.48. The summed E-state index contributed by atoms with van der Waals surface area (Å²) in [6, 6.07) is 9.47. The van der Waals surface area contributed by atoms with Crippen molar-refractivity contribution < 1.29 is 13.9 Å². The Balaban J connectivity index is 2.04. The molecule has 106 valence electrons. The van der Waals surface area contributed by atoms with E-state index in [2.05, 4.69) is 10.1 Å². The van der Waals surface area contributed by atoms with Crippen molar-refractivity contribution in [3.8, 4) is 0 Å². The van der Waals surface area contributed by atoms with Crippen LogP contribution in [-0.4, -0.2) is 13.1 Å². The van der Waals surface area contributed by atoms with Crippen molar-refractivity contribution in [3.63, 3.8) is 0 Å². The molecule has 0 spiro atoms. The van der Waals surface area contributed by atoms with Crippen molar-refractivity contribution in [2.75, 3.05) is 7.11 Å². The minimum atomic E-state index is -0.475. The Morgan fingerprint density at radius 3 is 2.85 bits per heavy atom. The van der Waals surface area contributed by atoms with Crippen LogP contribution in [0.5, 0.6) is 0 Å². The van der Waals surface area contributed by atoms with Gasteiger partial charge in [-0.3, -0.25) is 0 Å². The lowest BCUT2D eigenvalue weighted by molar-refractivity contribution is 0.0563. The number of methoxy groups -OCH3 is 1. The predicted molar refractivity (Wildman–Crippen MR) is 76.8 cm³/mol. The molecule has 2 aromatic rings. The maximum Gasteiger partial charge on any atom is 0.374 e. The standard InChI is InChI=1S/C15H16ClNO3/c1-10(12-5-3-4-6-13(12)16)17-9-11-7-8-20-14(11)15(18)19-2/h3-8,10,17H,9H2,1-2H3/t10-/m0/s1. The number of nitrogens with one attached hydrogen (secondary N) is 1. The van der Waals surface area contributed by atoms with E-state index >= 15 is 0 Å². The van der Waals surface area contributed by atoms with Crippen LogP contribution >= 0.6 is 11.6 Å². The zero-order valence-corrected chi connectivity index (χ0v) is 12.1. The Hall–Kier alpha value is -1.78. The Morgan fingerprint density at radius 1 is 1.40 bits per heavy atom. The molecule has 20 heavy (non-hydrogen) atoms. The summed E-state index contributed by atoms with van der Waals surface area (Å²) >= 11 is 6.15. The van der Waals surface area contributed by atoms with Crippen molar-refractivity contribution >= 4 is 17.6 Å². The number of carbonyl (C=O) groups excluding carboxylic acids is 1. The Kier molecular flexibility index (Phi) is 4.82. The lowest BCUT2D eigenvalue weighted by Gasteiger charge is -2.15. The number of furan rings is 1. The number of carbonyl (C=O) groups is 1. The van der Waals surface area contributed by atoms with Crippen molar-refractivity contribution in [2.24, 2.45) is 0 Å². The first-order valence-electron chi connectivity index (χ1n) is 6.26. The van der Waals surface area contributed by atoms with Gasteiger partial charge in [0.2, 0.25) is 5.76 Å². The molecule has 0 radical (unpaired) electrons. The molecule has 1 aromatic carbocycles. The SMILES string of the molecule is COC(=O)c1occc1CN[C@@H](C)c1ccccc1Cl. The molecule has 0 unspecified atom stereocenters. The lowest BCUT2D eigenvalue weighted by atomic mass is 10.1. The number of esters is 1. The number of hydrogen-bond acceptors (Lipinski definition) is 4. The van der Waals surface area contributed by atoms with E-state index in [4.69, 9.17) is 16.0 Å². The highest BCUT2D eigenvalue weighted by Gasteiger charge is 2.16. The first-order valence-corrected chi connectivity index (χ1v) is 6.63. The molecule has 0 saturated carbocycles. The summed E-state index contributed by atoms with van der Waals surface area (Å²) in [5.41, 5.74) is 1.77. The van der Waals surface area contributed by atoms with Crippen molar-refractivity contribution in [2.45, 2.75) is 19.5 Å². The third-order valence-electron chi connectivity index (χ3n) is 3.09. The molecule has 1 N–H and O–H groups in total. The van der Waals surface area contributed by atoms with Gasteiger partial charge in [0, 0.05) is 23.2 Å². The molecule has 1 atom stereocenters. The topological polar surface area (TPSA) is 51.5 Å². The Morgan fingerprint density at radius 2 is 2.15 bits per heavy atom. The van der Waals surface area contributed by atoms with E-state index in [0.29, 0.717) is 11.6 Å². The second kappa shape index (κ2) is 6.59. The molecule has 0 amide bonds. The van der Waals surface area contributed by atoms with Crippen LogP contribution in [0, 0.1) is 0 Å². The van der Waals surface area contributed by atoms with E-state index in [-0.39, 0.29) is 11.8 Å². The summed E-state index contributed by atoms with van der Waals surface area (Å²) in [5, 5.41) is 4.02. The molecule has 0 bridgehead atoms. The summed E-state index contributed by atoms with van der Waals surface area (Å²) in [5.74, 6) is -0.247. The minimum Gasteiger partial charge on any atom is -0.463 e. The molecule has 1 heterocycles. The smallest absolute Gasteiger partial charge is 0.374 e. The number of halogens is 1. The molecule has 0 fully saturated rings. The second-order valence-corrected chi connectivity index (χ2v) is 4.80. The zero-order chi connectivity index (χ0) is 14.5. The molecule has 4 nitrogen and oxygen atoms in total. The maximum atomic E-state index is 11.5. The molecular formula is C15H16ClNO3. The van der Waals surface area contributed by atoms with Gasteiger partial charge in [-0.25, -0.2) is 4.79 Å². The van der Waals surface area contributed by atoms with Gasteiger partial charge in [0.1, 0.15) is 0 Å². The largest absolute Gasteiger partial charge is 0.463 e. The average Bonchev–Trinajstić information content (AvgIpc) is 2.93. The normalized spacial score (nSPS) is 12.2. The van der Waals surface area contributed by atoms with Crippen LogP contribution in [0.4, 0.5) is 0 Å². The number of rotatable bonds is 5. The fourth-order valence-electron chi connectivity index (χ4n) is 1.95.